The highest BCUT2D eigenvalue weighted by molar-refractivity contribution is 6.31. The van der Waals surface area contributed by atoms with Crippen LogP contribution in [0, 0.1) is 5.92 Å². The van der Waals surface area contributed by atoms with E-state index in [0.29, 0.717) is 46.7 Å². The maximum atomic E-state index is 15.1. The summed E-state index contributed by atoms with van der Waals surface area (Å²) in [7, 11) is 6.66. The minimum absolute atomic E-state index is 0.0746. The van der Waals surface area contributed by atoms with Gasteiger partial charge in [-0.3, -0.25) is 28.9 Å². The van der Waals surface area contributed by atoms with E-state index in [1.807, 2.05) is 86.9 Å². The monoisotopic (exact) mass is 1040 g/mol. The quantitative estimate of drug-likeness (QED) is 0.132. The van der Waals surface area contributed by atoms with Gasteiger partial charge in [-0.2, -0.15) is 0 Å². The number of hydrogen-bond acceptors (Lipinski definition) is 10. The third-order valence-electron chi connectivity index (χ3n) is 13.8. The number of nitrogens with one attached hydrogen (secondary N) is 2. The summed E-state index contributed by atoms with van der Waals surface area (Å²) in [5, 5.41) is 6.76. The Morgan fingerprint density at radius 3 is 2.15 bits per heavy atom. The van der Waals surface area contributed by atoms with Gasteiger partial charge in [-0.1, -0.05) is 71.7 Å². The molecule has 2 aliphatic rings. The summed E-state index contributed by atoms with van der Waals surface area (Å²) in [6, 6.07) is 25.7. The normalized spacial score (nSPS) is 21.4. The number of aromatic nitrogens is 2. The number of morpholine rings is 1. The third kappa shape index (κ3) is 14.5. The van der Waals surface area contributed by atoms with Crippen LogP contribution in [0.4, 0.5) is 0 Å². The molecule has 5 amide bonds. The number of likely N-dealkylation sites (N-methyl/N-ethyl adjacent to an activating group) is 2. The number of rotatable bonds is 13. The van der Waals surface area contributed by atoms with Crippen LogP contribution in [0.3, 0.4) is 0 Å². The molecule has 2 aliphatic heterocycles. The maximum Gasteiger partial charge on any atom is 0.247 e. The molecule has 0 aliphatic carbocycles. The van der Waals surface area contributed by atoms with E-state index >= 15 is 4.79 Å². The first-order valence-electron chi connectivity index (χ1n) is 24.6. The number of hydrogen-bond donors (Lipinski definition) is 2. The summed E-state index contributed by atoms with van der Waals surface area (Å²) in [4.78, 5) is 84.0. The van der Waals surface area contributed by atoms with Crippen LogP contribution in [-0.4, -0.2) is 144 Å². The molecule has 1 aromatic heterocycles. The maximum absolute atomic E-state index is 15.1. The summed E-state index contributed by atoms with van der Waals surface area (Å²) >= 11 is 12.8. The molecule has 18 heteroatoms. The molecule has 0 spiro atoms. The number of benzene rings is 4. The van der Waals surface area contributed by atoms with Crippen LogP contribution in [0.1, 0.15) is 49.2 Å². The number of ether oxygens (including phenoxy) is 3. The Bertz CT molecular complexity index is 2680. The summed E-state index contributed by atoms with van der Waals surface area (Å²) < 4.78 is 19.6. The van der Waals surface area contributed by atoms with Crippen LogP contribution >= 0.6 is 23.2 Å². The summed E-state index contributed by atoms with van der Waals surface area (Å²) in [6.07, 6.45) is 2.05. The highest BCUT2D eigenvalue weighted by Crippen LogP contribution is 2.33. The van der Waals surface area contributed by atoms with Crippen LogP contribution in [0.25, 0.3) is 11.3 Å². The van der Waals surface area contributed by atoms with Gasteiger partial charge in [0.1, 0.15) is 29.4 Å². The number of methoxy groups -OCH3 is 1. The van der Waals surface area contributed by atoms with Crippen molar-refractivity contribution in [2.75, 3.05) is 60.7 Å². The zero-order valence-corrected chi connectivity index (χ0v) is 43.9. The van der Waals surface area contributed by atoms with E-state index in [-0.39, 0.29) is 50.8 Å². The lowest BCUT2D eigenvalue weighted by Gasteiger charge is -2.35. The molecular formula is C55H66Cl2N8O8. The molecule has 2 saturated heterocycles. The SMILES string of the molecule is COC[C@@H]1NC(=O)[C@H](C)N(Cc2ccc(Cl)cc2Oc2ccc(-c3cnc(CN4CCOCC4)n3C)cc2)C(=O)C[C@@H](Cc2ccccc2)C(=O)N(C)[C@@H](C)CNC(=O)C[C@H](Cc2ccc(Cl)cc2)N(C)C1=O. The van der Waals surface area contributed by atoms with E-state index in [0.717, 1.165) is 47.8 Å². The first kappa shape index (κ1) is 54.5. The fraction of sp³-hybridized carbons (Fsp3) is 0.418. The Balaban J connectivity index is 1.20. The van der Waals surface area contributed by atoms with Crippen molar-refractivity contribution in [2.24, 2.45) is 13.0 Å². The standard InChI is InChI=1S/C55H66Cl2N8O8/c1-36-31-59-51(66)30-45(27-39-12-17-43(56)18-13-39)62(4)55(70)47(35-71-6)60-53(68)37(2)65(52(67)28-42(54(69)61(36)3)26-38-10-8-7-9-11-38)33-41-14-19-44(57)29-49(41)73-46-20-15-40(16-21-46)48-32-58-50(63(48)5)34-64-22-24-72-25-23-64/h7-21,29,32,36-37,42,45,47H,22-28,30-31,33-35H2,1-6H3,(H,59,66)(H,60,68)/t36-,37-,42+,45-,47-/m0/s1. The Labute approximate surface area is 437 Å². The van der Waals surface area contributed by atoms with Crippen molar-refractivity contribution in [3.05, 3.63) is 136 Å². The first-order valence-corrected chi connectivity index (χ1v) is 25.4. The molecule has 0 saturated carbocycles. The van der Waals surface area contributed by atoms with Gasteiger partial charge >= 0.3 is 0 Å². The number of carbonyl (C=O) groups excluding carboxylic acids is 5. The van der Waals surface area contributed by atoms with Gasteiger partial charge in [0, 0.05) is 94.0 Å². The lowest BCUT2D eigenvalue weighted by atomic mass is 9.93. The molecule has 5 atom stereocenters. The van der Waals surface area contributed by atoms with Gasteiger partial charge in [-0.15, -0.1) is 0 Å². The largest absolute Gasteiger partial charge is 0.457 e. The number of halogens is 2. The average Bonchev–Trinajstić information content (AvgIpc) is 3.75. The highest BCUT2D eigenvalue weighted by atomic mass is 35.5. The first-order chi connectivity index (χ1) is 35.1. The van der Waals surface area contributed by atoms with Crippen molar-refractivity contribution in [3.8, 4) is 22.8 Å². The van der Waals surface area contributed by atoms with Crippen molar-refractivity contribution in [2.45, 2.75) is 76.8 Å². The zero-order chi connectivity index (χ0) is 52.2. The zero-order valence-electron chi connectivity index (χ0n) is 42.4. The highest BCUT2D eigenvalue weighted by Gasteiger charge is 2.36. The molecule has 0 unspecified atom stereocenters. The van der Waals surface area contributed by atoms with E-state index in [4.69, 9.17) is 42.4 Å². The van der Waals surface area contributed by atoms with Crippen LogP contribution in [-0.2, 0) is 66.4 Å². The number of amides is 5. The smallest absolute Gasteiger partial charge is 0.247 e. The van der Waals surface area contributed by atoms with Crippen molar-refractivity contribution in [1.82, 2.24) is 39.8 Å². The molecule has 0 bridgehead atoms. The second-order valence-electron chi connectivity index (χ2n) is 18.9. The number of nitrogens with zero attached hydrogens (tertiary/aromatic N) is 6. The van der Waals surface area contributed by atoms with Crippen molar-refractivity contribution in [1.29, 1.82) is 0 Å². The Kier molecular flexibility index (Phi) is 19.1. The molecule has 5 aromatic rings. The van der Waals surface area contributed by atoms with Crippen LogP contribution < -0.4 is 15.4 Å². The van der Waals surface area contributed by atoms with Crippen molar-refractivity contribution >= 4 is 52.7 Å². The topological polar surface area (TPSA) is 168 Å². The van der Waals surface area contributed by atoms with Gasteiger partial charge in [-0.05, 0) is 86.3 Å². The minimum atomic E-state index is -1.20. The summed E-state index contributed by atoms with van der Waals surface area (Å²) in [5.74, 6) is -1.32. The molecular weight excluding hydrogens is 972 g/mol. The fourth-order valence-corrected chi connectivity index (χ4v) is 9.41. The Morgan fingerprint density at radius 2 is 1.45 bits per heavy atom. The van der Waals surface area contributed by atoms with Gasteiger partial charge in [0.05, 0.1) is 50.7 Å². The van der Waals surface area contributed by atoms with E-state index in [9.17, 15) is 19.2 Å². The van der Waals surface area contributed by atoms with Crippen LogP contribution in [0.2, 0.25) is 10.0 Å². The van der Waals surface area contributed by atoms with Gasteiger partial charge in [0.15, 0.2) is 0 Å². The van der Waals surface area contributed by atoms with Crippen LogP contribution in [0.15, 0.2) is 103 Å². The minimum Gasteiger partial charge on any atom is -0.457 e. The molecule has 2 N–H and O–H groups in total. The summed E-state index contributed by atoms with van der Waals surface area (Å²) in [6.45, 7) is 7.03. The number of imidazole rings is 1. The molecule has 3 heterocycles. The Hall–Kier alpha value is -6.30. The van der Waals surface area contributed by atoms with Gasteiger partial charge in [0.2, 0.25) is 29.5 Å². The second kappa shape index (κ2) is 25.6. The predicted molar refractivity (Wildman–Crippen MR) is 280 cm³/mol. The lowest BCUT2D eigenvalue weighted by Crippen LogP contribution is -2.57. The van der Waals surface area contributed by atoms with Gasteiger partial charge < -0.3 is 44.1 Å². The molecule has 2 fully saturated rings. The van der Waals surface area contributed by atoms with Gasteiger partial charge in [0.25, 0.3) is 0 Å². The molecule has 0 radical (unpaired) electrons. The second-order valence-corrected chi connectivity index (χ2v) is 19.8. The molecule has 388 valence electrons. The van der Waals surface area contributed by atoms with Crippen molar-refractivity contribution < 1.29 is 38.2 Å². The molecule has 4 aromatic carbocycles. The van der Waals surface area contributed by atoms with Crippen LogP contribution in [0.5, 0.6) is 11.5 Å². The average molecular weight is 1040 g/mol. The van der Waals surface area contributed by atoms with E-state index in [2.05, 4.69) is 20.1 Å². The van der Waals surface area contributed by atoms with E-state index < -0.39 is 47.8 Å². The predicted octanol–water partition coefficient (Wildman–Crippen LogP) is 6.55. The number of carbonyl (C=O) groups is 5. The van der Waals surface area contributed by atoms with Crippen molar-refractivity contribution in [3.63, 3.8) is 0 Å². The lowest BCUT2D eigenvalue weighted by molar-refractivity contribution is -0.147. The summed E-state index contributed by atoms with van der Waals surface area (Å²) in [5.41, 5.74) is 4.09. The molecule has 73 heavy (non-hydrogen) atoms. The van der Waals surface area contributed by atoms with E-state index in [1.54, 1.807) is 56.3 Å². The Morgan fingerprint density at radius 1 is 0.767 bits per heavy atom. The van der Waals surface area contributed by atoms with E-state index in [1.165, 1.54) is 16.9 Å². The third-order valence-corrected chi connectivity index (χ3v) is 14.3. The molecule has 7 rings (SSSR count). The fourth-order valence-electron chi connectivity index (χ4n) is 9.12. The molecule has 16 nitrogen and oxygen atoms in total. The van der Waals surface area contributed by atoms with Gasteiger partial charge in [-0.25, -0.2) is 4.98 Å².